The zero-order valence-electron chi connectivity index (χ0n) is 15.9. The third kappa shape index (κ3) is 3.37. The van der Waals surface area contributed by atoms with E-state index in [1.54, 1.807) is 0 Å². The maximum atomic E-state index is 13.0. The van der Waals surface area contributed by atoms with Crippen LogP contribution in [0, 0.1) is 11.7 Å². The monoisotopic (exact) mass is 400 g/mol. The van der Waals surface area contributed by atoms with Crippen LogP contribution in [0.2, 0.25) is 0 Å². The van der Waals surface area contributed by atoms with Gasteiger partial charge < -0.3 is 15.7 Å². The maximum Gasteiger partial charge on any atom is 0.296 e. The summed E-state index contributed by atoms with van der Waals surface area (Å²) >= 11 is 0. The number of nitrogens with one attached hydrogen (secondary N) is 2. The third-order valence-corrected chi connectivity index (χ3v) is 5.63. The van der Waals surface area contributed by atoms with Gasteiger partial charge in [0.15, 0.2) is 5.69 Å². The lowest BCUT2D eigenvalue weighted by Gasteiger charge is -2.35. The summed E-state index contributed by atoms with van der Waals surface area (Å²) in [5.41, 5.74) is -1.22. The Morgan fingerprint density at radius 3 is 2.76 bits per heavy atom. The van der Waals surface area contributed by atoms with E-state index in [0.717, 1.165) is 6.42 Å². The number of benzene rings is 1. The van der Waals surface area contributed by atoms with Crippen molar-refractivity contribution in [2.45, 2.75) is 44.8 Å². The first-order valence-corrected chi connectivity index (χ1v) is 9.45. The summed E-state index contributed by atoms with van der Waals surface area (Å²) in [4.78, 5) is 41.5. The summed E-state index contributed by atoms with van der Waals surface area (Å²) < 4.78 is 14.4. The Labute approximate surface area is 165 Å². The molecule has 1 aliphatic heterocycles. The quantitative estimate of drug-likeness (QED) is 0.713. The molecule has 2 unspecified atom stereocenters. The Morgan fingerprint density at radius 1 is 1.34 bits per heavy atom. The van der Waals surface area contributed by atoms with Crippen molar-refractivity contribution in [3.63, 3.8) is 0 Å². The molecule has 0 radical (unpaired) electrons. The summed E-state index contributed by atoms with van der Waals surface area (Å²) in [5, 5.41) is 15.8. The molecule has 0 saturated heterocycles. The Kier molecular flexibility index (Phi) is 4.60. The molecule has 9 heteroatoms. The Bertz CT molecular complexity index is 1050. The van der Waals surface area contributed by atoms with Crippen LogP contribution in [-0.4, -0.2) is 26.5 Å². The van der Waals surface area contributed by atoms with Crippen LogP contribution < -0.4 is 16.2 Å². The first-order chi connectivity index (χ1) is 13.8. The van der Waals surface area contributed by atoms with Crippen molar-refractivity contribution in [1.29, 1.82) is 0 Å². The number of aromatic nitrogens is 2. The molecule has 1 aromatic heterocycles. The Morgan fingerprint density at radius 2 is 2.07 bits per heavy atom. The number of hydrogen-bond acceptors (Lipinski definition) is 5. The van der Waals surface area contributed by atoms with Crippen LogP contribution in [0.4, 0.5) is 4.39 Å². The minimum Gasteiger partial charge on any atom is -0.501 e. The van der Waals surface area contributed by atoms with Gasteiger partial charge in [-0.3, -0.25) is 19.0 Å². The highest BCUT2D eigenvalue weighted by molar-refractivity contribution is 5.94. The van der Waals surface area contributed by atoms with Crippen LogP contribution in [0.15, 0.2) is 29.1 Å². The number of halogens is 1. The maximum absolute atomic E-state index is 13.0. The van der Waals surface area contributed by atoms with Crippen LogP contribution in [0.3, 0.4) is 0 Å². The number of rotatable bonds is 4. The highest BCUT2D eigenvalue weighted by Gasteiger charge is 2.49. The van der Waals surface area contributed by atoms with Gasteiger partial charge >= 0.3 is 0 Å². The summed E-state index contributed by atoms with van der Waals surface area (Å²) in [6.45, 7) is 1.88. The lowest BCUT2D eigenvalue weighted by Crippen LogP contribution is -2.50. The summed E-state index contributed by atoms with van der Waals surface area (Å²) in [6.07, 6.45) is 2.07. The number of aromatic hydroxyl groups is 1. The van der Waals surface area contributed by atoms with Crippen molar-refractivity contribution < 1.29 is 19.1 Å². The minimum atomic E-state index is -0.812. The summed E-state index contributed by atoms with van der Waals surface area (Å²) in [5.74, 6) is -1.57. The van der Waals surface area contributed by atoms with E-state index in [1.165, 1.54) is 35.8 Å². The predicted molar refractivity (Wildman–Crippen MR) is 101 cm³/mol. The van der Waals surface area contributed by atoms with E-state index in [1.807, 2.05) is 0 Å². The van der Waals surface area contributed by atoms with E-state index in [2.05, 4.69) is 15.6 Å². The van der Waals surface area contributed by atoms with Gasteiger partial charge in [0.25, 0.3) is 11.5 Å². The van der Waals surface area contributed by atoms with Crippen molar-refractivity contribution in [2.24, 2.45) is 5.92 Å². The van der Waals surface area contributed by atoms with Crippen molar-refractivity contribution in [3.05, 3.63) is 57.5 Å². The molecule has 4 rings (SSSR count). The first kappa shape index (κ1) is 19.1. The minimum absolute atomic E-state index is 0.0809. The van der Waals surface area contributed by atoms with Gasteiger partial charge in [0.1, 0.15) is 11.6 Å². The van der Waals surface area contributed by atoms with Crippen LogP contribution in [0.1, 0.15) is 48.1 Å². The summed E-state index contributed by atoms with van der Waals surface area (Å²) in [6, 6.07) is 5.59. The fourth-order valence-electron chi connectivity index (χ4n) is 4.38. The second-order valence-corrected chi connectivity index (χ2v) is 7.73. The molecule has 2 amide bonds. The first-order valence-electron chi connectivity index (χ1n) is 9.45. The van der Waals surface area contributed by atoms with Gasteiger partial charge in [0.2, 0.25) is 11.7 Å². The molecular weight excluding hydrogens is 379 g/mol. The van der Waals surface area contributed by atoms with Crippen LogP contribution >= 0.6 is 0 Å². The number of fused-ring (bicyclic) bond motifs is 4. The molecule has 2 aliphatic rings. The molecule has 1 saturated carbocycles. The molecule has 29 heavy (non-hydrogen) atoms. The molecule has 1 fully saturated rings. The van der Waals surface area contributed by atoms with Gasteiger partial charge in [-0.1, -0.05) is 12.1 Å². The molecule has 3 N–H and O–H groups in total. The molecule has 1 aliphatic carbocycles. The van der Waals surface area contributed by atoms with E-state index in [4.69, 9.17) is 0 Å². The molecule has 2 atom stereocenters. The Hall–Kier alpha value is -3.23. The van der Waals surface area contributed by atoms with E-state index in [0.29, 0.717) is 30.8 Å². The number of carbonyl (C=O) groups is 2. The number of carbonyl (C=O) groups excluding carboxylic acids is 2. The standard InChI is InChI=1S/C20H21FN4O4/c1-11(26)24-20-7-6-13(8-20)10-25-18(29)16(27)15(23-19(20)25)17(28)22-9-12-2-4-14(21)5-3-12/h2-5,13,27H,6-10H2,1H3,(H,22,28)(H,24,26). The number of hydrogen-bond donors (Lipinski definition) is 3. The summed E-state index contributed by atoms with van der Waals surface area (Å²) in [7, 11) is 0. The zero-order valence-corrected chi connectivity index (χ0v) is 15.9. The van der Waals surface area contributed by atoms with Crippen molar-refractivity contribution in [1.82, 2.24) is 20.2 Å². The van der Waals surface area contributed by atoms with E-state index < -0.39 is 22.8 Å². The van der Waals surface area contributed by atoms with Gasteiger partial charge in [-0.2, -0.15) is 0 Å². The molecule has 2 heterocycles. The molecular formula is C20H21FN4O4. The van der Waals surface area contributed by atoms with Gasteiger partial charge in [-0.15, -0.1) is 0 Å². The normalized spacial score (nSPS) is 22.1. The lowest BCUT2D eigenvalue weighted by molar-refractivity contribution is -0.121. The average Bonchev–Trinajstić information content (AvgIpc) is 3.01. The third-order valence-electron chi connectivity index (χ3n) is 5.63. The van der Waals surface area contributed by atoms with Gasteiger partial charge in [0.05, 0.1) is 5.54 Å². The average molecular weight is 400 g/mol. The highest BCUT2D eigenvalue weighted by Crippen LogP contribution is 2.45. The predicted octanol–water partition coefficient (Wildman–Crippen LogP) is 1.16. The molecule has 1 aromatic carbocycles. The molecule has 152 valence electrons. The number of nitrogens with zero attached hydrogens (tertiary/aromatic N) is 2. The van der Waals surface area contributed by atoms with Crippen molar-refractivity contribution >= 4 is 11.8 Å². The van der Waals surface area contributed by atoms with E-state index >= 15 is 0 Å². The van der Waals surface area contributed by atoms with E-state index in [9.17, 15) is 23.9 Å². The molecule has 0 spiro atoms. The molecule has 2 bridgehead atoms. The highest BCUT2D eigenvalue weighted by atomic mass is 19.1. The second-order valence-electron chi connectivity index (χ2n) is 7.73. The SMILES string of the molecule is CC(=O)NC12CCC(Cn3c1nc(C(=O)NCc1ccc(F)cc1)c(O)c3=O)C2. The number of amides is 2. The lowest BCUT2D eigenvalue weighted by atomic mass is 9.90. The van der Waals surface area contributed by atoms with Gasteiger partial charge in [0, 0.05) is 20.0 Å². The van der Waals surface area contributed by atoms with Crippen molar-refractivity contribution in [3.8, 4) is 5.75 Å². The second kappa shape index (κ2) is 6.98. The van der Waals surface area contributed by atoms with Crippen LogP contribution in [-0.2, 0) is 23.4 Å². The Balaban J connectivity index is 1.67. The zero-order chi connectivity index (χ0) is 20.8. The molecule has 2 aromatic rings. The smallest absolute Gasteiger partial charge is 0.296 e. The van der Waals surface area contributed by atoms with Crippen LogP contribution in [0.5, 0.6) is 5.75 Å². The van der Waals surface area contributed by atoms with Crippen LogP contribution in [0.25, 0.3) is 0 Å². The van der Waals surface area contributed by atoms with E-state index in [-0.39, 0.29) is 29.9 Å². The van der Waals surface area contributed by atoms with Crippen molar-refractivity contribution in [2.75, 3.05) is 0 Å². The van der Waals surface area contributed by atoms with Gasteiger partial charge in [-0.05, 0) is 42.9 Å². The molecule has 8 nitrogen and oxygen atoms in total. The fraction of sp³-hybridized carbons (Fsp3) is 0.400. The fourth-order valence-corrected chi connectivity index (χ4v) is 4.38. The largest absolute Gasteiger partial charge is 0.501 e. The topological polar surface area (TPSA) is 113 Å². The van der Waals surface area contributed by atoms with Gasteiger partial charge in [-0.25, -0.2) is 9.37 Å².